The van der Waals surface area contributed by atoms with Gasteiger partial charge in [0.1, 0.15) is 0 Å². The fourth-order valence-electron chi connectivity index (χ4n) is 4.07. The Morgan fingerprint density at radius 2 is 1.91 bits per heavy atom. The van der Waals surface area contributed by atoms with Crippen LogP contribution in [0, 0.1) is 6.92 Å². The van der Waals surface area contributed by atoms with Crippen molar-refractivity contribution in [2.24, 2.45) is 0 Å². The Bertz CT molecular complexity index is 741. The summed E-state index contributed by atoms with van der Waals surface area (Å²) >= 11 is 0. The van der Waals surface area contributed by atoms with Gasteiger partial charge in [-0.2, -0.15) is 0 Å². The third-order valence-electron chi connectivity index (χ3n) is 5.19. The van der Waals surface area contributed by atoms with E-state index in [4.69, 9.17) is 0 Å². The van der Waals surface area contributed by atoms with E-state index in [1.165, 1.54) is 11.1 Å². The fourth-order valence-corrected chi connectivity index (χ4v) is 4.07. The van der Waals surface area contributed by atoms with Crippen molar-refractivity contribution in [3.05, 3.63) is 65.2 Å². The van der Waals surface area contributed by atoms with Gasteiger partial charge in [0.05, 0.1) is 0 Å². The molecule has 4 rings (SSSR count). The number of carbonyl (C=O) groups excluding carboxylic acids is 1. The van der Waals surface area contributed by atoms with Crippen molar-refractivity contribution in [3.63, 3.8) is 0 Å². The molecule has 3 heteroatoms. The minimum absolute atomic E-state index is 0.132. The van der Waals surface area contributed by atoms with Crippen LogP contribution in [0.4, 0.5) is 5.69 Å². The number of aryl methyl sites for hydroxylation is 1. The second kappa shape index (κ2) is 5.50. The van der Waals surface area contributed by atoms with Crippen molar-refractivity contribution in [3.8, 4) is 0 Å². The van der Waals surface area contributed by atoms with Crippen molar-refractivity contribution < 1.29 is 4.79 Å². The van der Waals surface area contributed by atoms with Crippen LogP contribution in [0.1, 0.15) is 33.8 Å². The van der Waals surface area contributed by atoms with E-state index in [0.717, 1.165) is 30.8 Å². The molecular weight excluding hydrogens is 284 g/mol. The predicted molar refractivity (Wildman–Crippen MR) is 93.1 cm³/mol. The maximum absolute atomic E-state index is 13.1. The normalized spacial score (nSPS) is 23.5. The summed E-state index contributed by atoms with van der Waals surface area (Å²) in [6.07, 6.45) is 1.04. The molecule has 2 aliphatic heterocycles. The van der Waals surface area contributed by atoms with E-state index in [0.29, 0.717) is 5.92 Å². The molecular formula is C20H22N2O. The summed E-state index contributed by atoms with van der Waals surface area (Å²) in [6.45, 7) is 4.20. The zero-order chi connectivity index (χ0) is 16.0. The first-order valence-electron chi connectivity index (χ1n) is 8.33. The maximum atomic E-state index is 13.1. The first kappa shape index (κ1) is 14.5. The molecule has 2 heterocycles. The highest BCUT2D eigenvalue weighted by Gasteiger charge is 2.43. The van der Waals surface area contributed by atoms with Crippen LogP contribution in [0.2, 0.25) is 0 Å². The topological polar surface area (TPSA) is 23.6 Å². The van der Waals surface area contributed by atoms with Gasteiger partial charge in [-0.15, -0.1) is 0 Å². The van der Waals surface area contributed by atoms with E-state index in [2.05, 4.69) is 42.0 Å². The summed E-state index contributed by atoms with van der Waals surface area (Å²) in [7, 11) is 2.17. The van der Waals surface area contributed by atoms with Gasteiger partial charge in [-0.05, 0) is 50.7 Å². The Hall–Kier alpha value is -2.13. The van der Waals surface area contributed by atoms with Crippen LogP contribution in [0.5, 0.6) is 0 Å². The summed E-state index contributed by atoms with van der Waals surface area (Å²) in [5, 5.41) is 0. The summed E-state index contributed by atoms with van der Waals surface area (Å²) in [5.41, 5.74) is 4.49. The summed E-state index contributed by atoms with van der Waals surface area (Å²) in [6, 6.07) is 16.5. The smallest absolute Gasteiger partial charge is 0.258 e. The van der Waals surface area contributed by atoms with E-state index in [9.17, 15) is 4.79 Å². The molecule has 2 aliphatic rings. The molecule has 1 saturated heterocycles. The Labute approximate surface area is 137 Å². The number of anilines is 1. The third-order valence-corrected chi connectivity index (χ3v) is 5.19. The number of likely N-dealkylation sites (N-methyl/N-ethyl adjacent to an activating group) is 1. The van der Waals surface area contributed by atoms with Gasteiger partial charge in [0.25, 0.3) is 5.91 Å². The Morgan fingerprint density at radius 3 is 2.70 bits per heavy atom. The van der Waals surface area contributed by atoms with E-state index in [1.54, 1.807) is 0 Å². The monoisotopic (exact) mass is 306 g/mol. The van der Waals surface area contributed by atoms with E-state index in [1.807, 2.05) is 30.3 Å². The highest BCUT2D eigenvalue weighted by molar-refractivity contribution is 6.08. The van der Waals surface area contributed by atoms with Crippen LogP contribution in [-0.2, 0) is 0 Å². The lowest BCUT2D eigenvalue weighted by molar-refractivity contribution is 0.0964. The van der Waals surface area contributed by atoms with Gasteiger partial charge in [0, 0.05) is 29.8 Å². The second-order valence-corrected chi connectivity index (χ2v) is 6.83. The van der Waals surface area contributed by atoms with Gasteiger partial charge in [-0.3, -0.25) is 4.79 Å². The van der Waals surface area contributed by atoms with Crippen molar-refractivity contribution in [1.29, 1.82) is 0 Å². The standard InChI is InChI=1S/C20H22N2O/c1-14-8-9-18-16(12-14)17-13-21(2)11-10-19(17)22(18)20(23)15-6-4-3-5-7-15/h3-9,12,17,19H,10-11,13H2,1-2H3/t17-,19+/m0/s1. The van der Waals surface area contributed by atoms with Crippen LogP contribution in [-0.4, -0.2) is 37.0 Å². The minimum Gasteiger partial charge on any atom is -0.306 e. The Balaban J connectivity index is 1.79. The number of nitrogens with zero attached hydrogens (tertiary/aromatic N) is 2. The van der Waals surface area contributed by atoms with Crippen molar-refractivity contribution in [1.82, 2.24) is 4.90 Å². The molecule has 1 fully saturated rings. The number of fused-ring (bicyclic) bond motifs is 3. The molecule has 0 radical (unpaired) electrons. The van der Waals surface area contributed by atoms with Crippen LogP contribution in [0.3, 0.4) is 0 Å². The molecule has 2 atom stereocenters. The molecule has 0 bridgehead atoms. The van der Waals surface area contributed by atoms with Crippen LogP contribution in [0.25, 0.3) is 0 Å². The van der Waals surface area contributed by atoms with E-state index >= 15 is 0 Å². The lowest BCUT2D eigenvalue weighted by Crippen LogP contribution is -2.47. The molecule has 0 saturated carbocycles. The lowest BCUT2D eigenvalue weighted by Gasteiger charge is -2.36. The summed E-state index contributed by atoms with van der Waals surface area (Å²) < 4.78 is 0. The Kier molecular flexibility index (Phi) is 3.46. The fraction of sp³-hybridized carbons (Fsp3) is 0.350. The van der Waals surface area contributed by atoms with Gasteiger partial charge >= 0.3 is 0 Å². The number of hydrogen-bond donors (Lipinski definition) is 0. The highest BCUT2D eigenvalue weighted by Crippen LogP contribution is 2.45. The number of piperidine rings is 1. The van der Waals surface area contributed by atoms with Gasteiger partial charge in [0.15, 0.2) is 0 Å². The molecule has 0 N–H and O–H groups in total. The molecule has 2 aromatic carbocycles. The number of hydrogen-bond acceptors (Lipinski definition) is 2. The second-order valence-electron chi connectivity index (χ2n) is 6.83. The van der Waals surface area contributed by atoms with Crippen LogP contribution < -0.4 is 4.90 Å². The number of carbonyl (C=O) groups is 1. The number of benzene rings is 2. The van der Waals surface area contributed by atoms with Crippen LogP contribution >= 0.6 is 0 Å². The molecule has 0 aromatic heterocycles. The first-order valence-corrected chi connectivity index (χ1v) is 8.33. The molecule has 23 heavy (non-hydrogen) atoms. The van der Waals surface area contributed by atoms with Gasteiger partial charge in [-0.1, -0.05) is 35.9 Å². The quantitative estimate of drug-likeness (QED) is 0.806. The number of amides is 1. The third kappa shape index (κ3) is 2.36. The van der Waals surface area contributed by atoms with Gasteiger partial charge < -0.3 is 9.80 Å². The molecule has 0 unspecified atom stereocenters. The number of likely N-dealkylation sites (tertiary alicyclic amines) is 1. The van der Waals surface area contributed by atoms with Crippen LogP contribution in [0.15, 0.2) is 48.5 Å². The van der Waals surface area contributed by atoms with Crippen molar-refractivity contribution in [2.75, 3.05) is 25.0 Å². The average Bonchev–Trinajstić information content (AvgIpc) is 2.88. The lowest BCUT2D eigenvalue weighted by atomic mass is 9.88. The van der Waals surface area contributed by atoms with Crippen molar-refractivity contribution in [2.45, 2.75) is 25.3 Å². The molecule has 3 nitrogen and oxygen atoms in total. The average molecular weight is 306 g/mol. The van der Waals surface area contributed by atoms with E-state index < -0.39 is 0 Å². The largest absolute Gasteiger partial charge is 0.306 e. The predicted octanol–water partition coefficient (Wildman–Crippen LogP) is 3.44. The molecule has 0 spiro atoms. The van der Waals surface area contributed by atoms with Gasteiger partial charge in [-0.25, -0.2) is 0 Å². The summed E-state index contributed by atoms with van der Waals surface area (Å²) in [4.78, 5) is 17.6. The zero-order valence-electron chi connectivity index (χ0n) is 13.7. The highest BCUT2D eigenvalue weighted by atomic mass is 16.2. The molecule has 2 aromatic rings. The first-order chi connectivity index (χ1) is 11.1. The Morgan fingerprint density at radius 1 is 1.13 bits per heavy atom. The van der Waals surface area contributed by atoms with E-state index in [-0.39, 0.29) is 11.9 Å². The van der Waals surface area contributed by atoms with Gasteiger partial charge in [0.2, 0.25) is 0 Å². The summed E-state index contributed by atoms with van der Waals surface area (Å²) in [5.74, 6) is 0.559. The zero-order valence-corrected chi connectivity index (χ0v) is 13.7. The minimum atomic E-state index is 0.132. The maximum Gasteiger partial charge on any atom is 0.258 e. The molecule has 0 aliphatic carbocycles. The number of rotatable bonds is 1. The van der Waals surface area contributed by atoms with Crippen molar-refractivity contribution >= 4 is 11.6 Å². The SMILES string of the molecule is Cc1ccc2c(c1)[C@@H]1CN(C)CC[C@H]1N2C(=O)c1ccccc1. The molecule has 1 amide bonds. The molecule has 118 valence electrons.